The average Bonchev–Trinajstić information content (AvgIpc) is 2.82. The largest absolute Gasteiger partial charge is 0.497 e. The van der Waals surface area contributed by atoms with E-state index in [1.165, 1.54) is 4.31 Å². The number of sulfonamides is 1. The maximum Gasteiger partial charge on any atom is 0.259 e. The van der Waals surface area contributed by atoms with Crippen molar-refractivity contribution in [2.24, 2.45) is 5.10 Å². The molecule has 1 heterocycles. The maximum absolute atomic E-state index is 12.7. The van der Waals surface area contributed by atoms with Gasteiger partial charge < -0.3 is 14.8 Å². The Balaban J connectivity index is 1.55. The molecule has 166 valence electrons. The minimum Gasteiger partial charge on any atom is -0.497 e. The molecule has 1 saturated heterocycles. The fraction of sp³-hybridized carbons (Fsp3) is 0.333. The summed E-state index contributed by atoms with van der Waals surface area (Å²) in [5.41, 5.74) is 4.55. The maximum atomic E-state index is 12.7. The lowest BCUT2D eigenvalue weighted by Crippen LogP contribution is -2.40. The molecule has 0 radical (unpaired) electrons. The summed E-state index contributed by atoms with van der Waals surface area (Å²) >= 11 is 0. The normalized spacial score (nSPS) is 15.4. The van der Waals surface area contributed by atoms with Gasteiger partial charge in [-0.25, -0.2) is 13.8 Å². The second kappa shape index (κ2) is 10.4. The van der Waals surface area contributed by atoms with Gasteiger partial charge in [0.2, 0.25) is 10.0 Å². The van der Waals surface area contributed by atoms with E-state index in [2.05, 4.69) is 15.8 Å². The first-order chi connectivity index (χ1) is 14.9. The molecule has 31 heavy (non-hydrogen) atoms. The third-order valence-electron chi connectivity index (χ3n) is 4.77. The van der Waals surface area contributed by atoms with E-state index in [1.807, 2.05) is 12.1 Å². The average molecular weight is 447 g/mol. The molecule has 1 amide bonds. The summed E-state index contributed by atoms with van der Waals surface area (Å²) in [7, 11) is -1.95. The molecule has 0 spiro atoms. The number of nitrogens with one attached hydrogen (secondary N) is 2. The van der Waals surface area contributed by atoms with Crippen LogP contribution in [0.5, 0.6) is 5.75 Å². The third-order valence-corrected chi connectivity index (χ3v) is 6.68. The molecule has 0 unspecified atom stereocenters. The third kappa shape index (κ3) is 6.03. The van der Waals surface area contributed by atoms with E-state index in [0.717, 1.165) is 11.4 Å². The minimum atomic E-state index is -3.54. The molecule has 9 nitrogen and oxygen atoms in total. The molecule has 10 heteroatoms. The SMILES string of the molecule is COc1ccc(NCC(=O)N/N=C(\C)c2ccc(S(=O)(=O)N3CCOCC3)cc2)cc1. The molecule has 3 rings (SSSR count). The fourth-order valence-corrected chi connectivity index (χ4v) is 4.35. The number of carbonyl (C=O) groups is 1. The lowest BCUT2D eigenvalue weighted by atomic mass is 10.1. The lowest BCUT2D eigenvalue weighted by molar-refractivity contribution is -0.119. The minimum absolute atomic E-state index is 0.0554. The highest BCUT2D eigenvalue weighted by molar-refractivity contribution is 7.89. The summed E-state index contributed by atoms with van der Waals surface area (Å²) in [6.07, 6.45) is 0. The summed E-state index contributed by atoms with van der Waals surface area (Å²) in [5.74, 6) is 0.431. The predicted molar refractivity (Wildman–Crippen MR) is 118 cm³/mol. The monoisotopic (exact) mass is 446 g/mol. The molecule has 2 aromatic carbocycles. The van der Waals surface area contributed by atoms with Gasteiger partial charge in [-0.1, -0.05) is 12.1 Å². The van der Waals surface area contributed by atoms with Crippen molar-refractivity contribution in [3.05, 3.63) is 54.1 Å². The van der Waals surface area contributed by atoms with E-state index in [0.29, 0.717) is 37.6 Å². The summed E-state index contributed by atoms with van der Waals surface area (Å²) in [6, 6.07) is 13.7. The van der Waals surface area contributed by atoms with Gasteiger partial charge in [0.15, 0.2) is 0 Å². The Morgan fingerprint density at radius 1 is 1.10 bits per heavy atom. The molecule has 0 aliphatic carbocycles. The quantitative estimate of drug-likeness (QED) is 0.472. The molecule has 2 N–H and O–H groups in total. The van der Waals surface area contributed by atoms with Crippen LogP contribution < -0.4 is 15.5 Å². The topological polar surface area (TPSA) is 109 Å². The summed E-state index contributed by atoms with van der Waals surface area (Å²) in [4.78, 5) is 12.3. The van der Waals surface area contributed by atoms with Gasteiger partial charge in [-0.15, -0.1) is 0 Å². The molecule has 1 aliphatic heterocycles. The van der Waals surface area contributed by atoms with Crippen LogP contribution >= 0.6 is 0 Å². The Morgan fingerprint density at radius 3 is 2.35 bits per heavy atom. The Morgan fingerprint density at radius 2 is 1.74 bits per heavy atom. The number of anilines is 1. The first-order valence-electron chi connectivity index (χ1n) is 9.79. The Labute approximate surface area is 182 Å². The first-order valence-corrected chi connectivity index (χ1v) is 11.2. The van der Waals surface area contributed by atoms with Gasteiger partial charge in [-0.3, -0.25) is 4.79 Å². The van der Waals surface area contributed by atoms with Crippen LogP contribution in [-0.4, -0.2) is 64.3 Å². The van der Waals surface area contributed by atoms with Crippen molar-refractivity contribution in [1.82, 2.24) is 9.73 Å². The van der Waals surface area contributed by atoms with E-state index in [4.69, 9.17) is 9.47 Å². The zero-order valence-corrected chi connectivity index (χ0v) is 18.3. The van der Waals surface area contributed by atoms with Gasteiger partial charge in [-0.2, -0.15) is 9.41 Å². The van der Waals surface area contributed by atoms with Crippen LogP contribution in [-0.2, 0) is 19.6 Å². The van der Waals surface area contributed by atoms with E-state index in [9.17, 15) is 13.2 Å². The lowest BCUT2D eigenvalue weighted by Gasteiger charge is -2.26. The van der Waals surface area contributed by atoms with Gasteiger partial charge in [0.1, 0.15) is 5.75 Å². The van der Waals surface area contributed by atoms with Crippen LogP contribution in [0.4, 0.5) is 5.69 Å². The van der Waals surface area contributed by atoms with Crippen molar-refractivity contribution < 1.29 is 22.7 Å². The van der Waals surface area contributed by atoms with Crippen molar-refractivity contribution in [3.8, 4) is 5.75 Å². The number of rotatable bonds is 8. The standard InChI is InChI=1S/C21H26N4O5S/c1-16(23-24-21(26)15-22-18-5-7-19(29-2)8-6-18)17-3-9-20(10-4-17)31(27,28)25-11-13-30-14-12-25/h3-10,22H,11-15H2,1-2H3,(H,24,26)/b23-16+. The molecule has 1 aliphatic rings. The predicted octanol–water partition coefficient (Wildman–Crippen LogP) is 1.67. The Hall–Kier alpha value is -2.95. The van der Waals surface area contributed by atoms with Gasteiger partial charge in [-0.05, 0) is 48.9 Å². The molecular weight excluding hydrogens is 420 g/mol. The van der Waals surface area contributed by atoms with Crippen molar-refractivity contribution in [2.45, 2.75) is 11.8 Å². The zero-order chi connectivity index (χ0) is 22.3. The summed E-state index contributed by atoms with van der Waals surface area (Å²) in [6.45, 7) is 3.29. The summed E-state index contributed by atoms with van der Waals surface area (Å²) < 4.78 is 37.1. The number of hydrogen-bond acceptors (Lipinski definition) is 7. The van der Waals surface area contributed by atoms with Crippen LogP contribution in [0, 0.1) is 0 Å². The highest BCUT2D eigenvalue weighted by atomic mass is 32.2. The van der Waals surface area contributed by atoms with E-state index in [1.54, 1.807) is 50.4 Å². The number of hydrazone groups is 1. The van der Waals surface area contributed by atoms with Gasteiger partial charge in [0.05, 0.1) is 37.5 Å². The molecule has 0 aromatic heterocycles. The highest BCUT2D eigenvalue weighted by Gasteiger charge is 2.26. The highest BCUT2D eigenvalue weighted by Crippen LogP contribution is 2.18. The Bertz CT molecular complexity index is 1010. The van der Waals surface area contributed by atoms with Crippen LogP contribution in [0.2, 0.25) is 0 Å². The van der Waals surface area contributed by atoms with Crippen LogP contribution in [0.1, 0.15) is 12.5 Å². The number of hydrogen-bond donors (Lipinski definition) is 2. The van der Waals surface area contributed by atoms with Gasteiger partial charge in [0.25, 0.3) is 5.91 Å². The number of nitrogens with zero attached hydrogens (tertiary/aromatic N) is 2. The van der Waals surface area contributed by atoms with Crippen molar-refractivity contribution in [3.63, 3.8) is 0 Å². The van der Waals surface area contributed by atoms with E-state index < -0.39 is 10.0 Å². The fourth-order valence-electron chi connectivity index (χ4n) is 2.95. The van der Waals surface area contributed by atoms with Gasteiger partial charge in [0, 0.05) is 18.8 Å². The first kappa shape index (κ1) is 22.7. The van der Waals surface area contributed by atoms with Crippen molar-refractivity contribution in [2.75, 3.05) is 45.3 Å². The smallest absolute Gasteiger partial charge is 0.259 e. The molecular formula is C21H26N4O5S. The molecule has 2 aromatic rings. The van der Waals surface area contributed by atoms with Crippen molar-refractivity contribution in [1.29, 1.82) is 0 Å². The van der Waals surface area contributed by atoms with Crippen LogP contribution in [0.15, 0.2) is 58.5 Å². The number of morpholine rings is 1. The molecule has 0 atom stereocenters. The van der Waals surface area contributed by atoms with E-state index in [-0.39, 0.29) is 17.3 Å². The Kier molecular flexibility index (Phi) is 7.61. The second-order valence-electron chi connectivity index (χ2n) is 6.86. The van der Waals surface area contributed by atoms with Gasteiger partial charge >= 0.3 is 0 Å². The summed E-state index contributed by atoms with van der Waals surface area (Å²) in [5, 5.41) is 7.09. The van der Waals surface area contributed by atoms with Crippen LogP contribution in [0.25, 0.3) is 0 Å². The number of carbonyl (C=O) groups excluding carboxylic acids is 1. The van der Waals surface area contributed by atoms with E-state index >= 15 is 0 Å². The number of benzene rings is 2. The molecule has 0 bridgehead atoms. The van der Waals surface area contributed by atoms with Crippen molar-refractivity contribution >= 4 is 27.3 Å². The van der Waals surface area contributed by atoms with Crippen LogP contribution in [0.3, 0.4) is 0 Å². The number of amides is 1. The molecule has 0 saturated carbocycles. The molecule has 1 fully saturated rings. The number of ether oxygens (including phenoxy) is 2. The second-order valence-corrected chi connectivity index (χ2v) is 8.79. The number of methoxy groups -OCH3 is 1. The zero-order valence-electron chi connectivity index (χ0n) is 17.5.